The maximum atomic E-state index is 11.8. The van der Waals surface area contributed by atoms with Gasteiger partial charge in [0.15, 0.2) is 0 Å². The number of nitrogens with one attached hydrogen (secondary N) is 2. The quantitative estimate of drug-likeness (QED) is 0.719. The number of halogens is 1. The second-order valence-electron chi connectivity index (χ2n) is 4.59. The van der Waals surface area contributed by atoms with E-state index in [1.165, 1.54) is 18.6 Å². The summed E-state index contributed by atoms with van der Waals surface area (Å²) in [6, 6.07) is 4.50. The summed E-state index contributed by atoms with van der Waals surface area (Å²) in [5.74, 6) is 0.0122. The lowest BCUT2D eigenvalue weighted by molar-refractivity contribution is 0.244. The van der Waals surface area contributed by atoms with Gasteiger partial charge in [-0.3, -0.25) is 0 Å². The van der Waals surface area contributed by atoms with Crippen molar-refractivity contribution >= 4 is 23.3 Å². The van der Waals surface area contributed by atoms with Gasteiger partial charge in [-0.25, -0.2) is 4.79 Å². The number of aromatic hydroxyl groups is 1. The SMILES string of the molecule is O=C(Nc1cc(Cl)ccc1O)NC1CCCCC1. The highest BCUT2D eigenvalue weighted by atomic mass is 35.5. The molecule has 1 fully saturated rings. The summed E-state index contributed by atoms with van der Waals surface area (Å²) in [6.07, 6.45) is 5.61. The van der Waals surface area contributed by atoms with Gasteiger partial charge in [-0.05, 0) is 31.0 Å². The molecule has 2 amide bonds. The first-order valence-electron chi connectivity index (χ1n) is 6.21. The van der Waals surface area contributed by atoms with Gasteiger partial charge in [0.25, 0.3) is 0 Å². The smallest absolute Gasteiger partial charge is 0.319 e. The number of hydrogen-bond donors (Lipinski definition) is 3. The predicted molar refractivity (Wildman–Crippen MR) is 72.1 cm³/mol. The van der Waals surface area contributed by atoms with E-state index in [0.717, 1.165) is 25.7 Å². The molecule has 18 heavy (non-hydrogen) atoms. The van der Waals surface area contributed by atoms with Crippen LogP contribution in [0.4, 0.5) is 10.5 Å². The van der Waals surface area contributed by atoms with Crippen molar-refractivity contribution < 1.29 is 9.90 Å². The first-order chi connectivity index (χ1) is 8.65. The fraction of sp³-hybridized carbons (Fsp3) is 0.462. The lowest BCUT2D eigenvalue weighted by Crippen LogP contribution is -2.39. The molecule has 4 nitrogen and oxygen atoms in total. The highest BCUT2D eigenvalue weighted by molar-refractivity contribution is 6.31. The molecule has 0 atom stereocenters. The molecule has 1 aromatic carbocycles. The van der Waals surface area contributed by atoms with E-state index in [2.05, 4.69) is 10.6 Å². The van der Waals surface area contributed by atoms with Gasteiger partial charge in [0.2, 0.25) is 0 Å². The third kappa shape index (κ3) is 3.53. The number of benzene rings is 1. The normalized spacial score (nSPS) is 16.3. The average Bonchev–Trinajstić information content (AvgIpc) is 2.35. The topological polar surface area (TPSA) is 61.4 Å². The minimum absolute atomic E-state index is 0.0122. The largest absolute Gasteiger partial charge is 0.506 e. The van der Waals surface area contributed by atoms with Crippen molar-refractivity contribution in [2.45, 2.75) is 38.1 Å². The summed E-state index contributed by atoms with van der Waals surface area (Å²) in [7, 11) is 0. The maximum absolute atomic E-state index is 11.8. The zero-order valence-electron chi connectivity index (χ0n) is 10.1. The molecule has 0 bridgehead atoms. The summed E-state index contributed by atoms with van der Waals surface area (Å²) in [4.78, 5) is 11.8. The van der Waals surface area contributed by atoms with Gasteiger partial charge in [0.1, 0.15) is 5.75 Å². The van der Waals surface area contributed by atoms with Crippen LogP contribution in [-0.2, 0) is 0 Å². The van der Waals surface area contributed by atoms with Gasteiger partial charge < -0.3 is 15.7 Å². The van der Waals surface area contributed by atoms with Gasteiger partial charge in [0, 0.05) is 11.1 Å². The first kappa shape index (κ1) is 13.0. The Bertz CT molecular complexity index is 431. The monoisotopic (exact) mass is 268 g/mol. The zero-order chi connectivity index (χ0) is 13.0. The van der Waals surface area contributed by atoms with Crippen LogP contribution in [0.1, 0.15) is 32.1 Å². The predicted octanol–water partition coefficient (Wildman–Crippen LogP) is 3.50. The van der Waals surface area contributed by atoms with Crippen molar-refractivity contribution in [1.82, 2.24) is 5.32 Å². The molecular formula is C13H17ClN2O2. The van der Waals surface area contributed by atoms with Gasteiger partial charge >= 0.3 is 6.03 Å². The van der Waals surface area contributed by atoms with Gasteiger partial charge in [-0.15, -0.1) is 0 Å². The van der Waals surface area contributed by atoms with Crippen LogP contribution in [0.2, 0.25) is 5.02 Å². The van der Waals surface area contributed by atoms with Gasteiger partial charge in [-0.2, -0.15) is 0 Å². The third-order valence-corrected chi connectivity index (χ3v) is 3.38. The van der Waals surface area contributed by atoms with Crippen molar-refractivity contribution in [2.75, 3.05) is 5.32 Å². The number of rotatable bonds is 2. The number of hydrogen-bond acceptors (Lipinski definition) is 2. The highest BCUT2D eigenvalue weighted by Crippen LogP contribution is 2.26. The third-order valence-electron chi connectivity index (χ3n) is 3.15. The van der Waals surface area contributed by atoms with Crippen molar-refractivity contribution in [3.63, 3.8) is 0 Å². The van der Waals surface area contributed by atoms with Crippen molar-refractivity contribution in [2.24, 2.45) is 0 Å². The Balaban J connectivity index is 1.92. The maximum Gasteiger partial charge on any atom is 0.319 e. The molecule has 5 heteroatoms. The lowest BCUT2D eigenvalue weighted by atomic mass is 9.96. The van der Waals surface area contributed by atoms with Crippen molar-refractivity contribution in [3.05, 3.63) is 23.2 Å². The molecule has 0 aliphatic heterocycles. The van der Waals surface area contributed by atoms with E-state index < -0.39 is 0 Å². The fourth-order valence-corrected chi connectivity index (χ4v) is 2.37. The van der Waals surface area contributed by atoms with Crippen LogP contribution in [-0.4, -0.2) is 17.2 Å². The molecule has 1 aliphatic carbocycles. The molecule has 0 radical (unpaired) electrons. The number of anilines is 1. The Kier molecular flexibility index (Phi) is 4.31. The lowest BCUT2D eigenvalue weighted by Gasteiger charge is -2.23. The Labute approximate surface area is 111 Å². The summed E-state index contributed by atoms with van der Waals surface area (Å²) in [6.45, 7) is 0. The van der Waals surface area contributed by atoms with E-state index in [0.29, 0.717) is 10.7 Å². The number of carbonyl (C=O) groups excluding carboxylic acids is 1. The van der Waals surface area contributed by atoms with E-state index >= 15 is 0 Å². The number of amides is 2. The zero-order valence-corrected chi connectivity index (χ0v) is 10.8. The van der Waals surface area contributed by atoms with Crippen molar-refractivity contribution in [1.29, 1.82) is 0 Å². The van der Waals surface area contributed by atoms with E-state index in [-0.39, 0.29) is 17.8 Å². The van der Waals surface area contributed by atoms with Crippen LogP contribution in [0.3, 0.4) is 0 Å². The summed E-state index contributed by atoms with van der Waals surface area (Å²) >= 11 is 5.81. The van der Waals surface area contributed by atoms with Gasteiger partial charge in [-0.1, -0.05) is 30.9 Å². The molecule has 1 aliphatic rings. The van der Waals surface area contributed by atoms with Crippen LogP contribution < -0.4 is 10.6 Å². The second-order valence-corrected chi connectivity index (χ2v) is 5.03. The minimum atomic E-state index is -0.292. The number of carbonyl (C=O) groups is 1. The molecular weight excluding hydrogens is 252 g/mol. The fourth-order valence-electron chi connectivity index (χ4n) is 2.20. The van der Waals surface area contributed by atoms with Crippen LogP contribution in [0.15, 0.2) is 18.2 Å². The Morgan fingerprint density at radius 3 is 2.72 bits per heavy atom. The number of phenolic OH excluding ortho intramolecular Hbond substituents is 1. The molecule has 0 unspecified atom stereocenters. The molecule has 2 rings (SSSR count). The minimum Gasteiger partial charge on any atom is -0.506 e. The number of urea groups is 1. The highest BCUT2D eigenvalue weighted by Gasteiger charge is 2.16. The van der Waals surface area contributed by atoms with E-state index in [9.17, 15) is 9.90 Å². The van der Waals surface area contributed by atoms with Crippen LogP contribution >= 0.6 is 11.6 Å². The van der Waals surface area contributed by atoms with Crippen LogP contribution in [0.25, 0.3) is 0 Å². The Morgan fingerprint density at radius 2 is 2.00 bits per heavy atom. The first-order valence-corrected chi connectivity index (χ1v) is 6.59. The van der Waals surface area contributed by atoms with E-state index in [4.69, 9.17) is 11.6 Å². The molecule has 3 N–H and O–H groups in total. The molecule has 0 aromatic heterocycles. The Hall–Kier alpha value is -1.42. The molecule has 98 valence electrons. The summed E-state index contributed by atoms with van der Waals surface area (Å²) in [5.41, 5.74) is 0.329. The molecule has 1 aromatic rings. The molecule has 0 heterocycles. The van der Waals surface area contributed by atoms with Crippen LogP contribution in [0.5, 0.6) is 5.75 Å². The molecule has 0 spiro atoms. The summed E-state index contributed by atoms with van der Waals surface area (Å²) < 4.78 is 0. The van der Waals surface area contributed by atoms with Gasteiger partial charge in [0.05, 0.1) is 5.69 Å². The summed E-state index contributed by atoms with van der Waals surface area (Å²) in [5, 5.41) is 15.6. The average molecular weight is 269 g/mol. The second kappa shape index (κ2) is 5.96. The molecule has 0 saturated heterocycles. The van der Waals surface area contributed by atoms with Crippen molar-refractivity contribution in [3.8, 4) is 5.75 Å². The van der Waals surface area contributed by atoms with E-state index in [1.54, 1.807) is 6.07 Å². The standard InChI is InChI=1S/C13H17ClN2O2/c14-9-6-7-12(17)11(8-9)16-13(18)15-10-4-2-1-3-5-10/h6-8,10,17H,1-5H2,(H2,15,16,18). The van der Waals surface area contributed by atoms with E-state index in [1.807, 2.05) is 0 Å². The van der Waals surface area contributed by atoms with Crippen LogP contribution in [0, 0.1) is 0 Å². The molecule has 1 saturated carbocycles. The Morgan fingerprint density at radius 1 is 1.28 bits per heavy atom. The number of phenols is 1.